The molecular formula is C20H21N3O2. The van der Waals surface area contributed by atoms with Gasteiger partial charge < -0.3 is 9.32 Å². The monoisotopic (exact) mass is 335 g/mol. The zero-order valence-corrected chi connectivity index (χ0v) is 14.3. The first kappa shape index (κ1) is 15.8. The lowest BCUT2D eigenvalue weighted by Crippen LogP contribution is -2.40. The van der Waals surface area contributed by atoms with Crippen molar-refractivity contribution in [1.29, 1.82) is 0 Å². The first-order valence-corrected chi connectivity index (χ1v) is 8.74. The zero-order valence-electron chi connectivity index (χ0n) is 14.3. The van der Waals surface area contributed by atoms with E-state index >= 15 is 0 Å². The molecule has 25 heavy (non-hydrogen) atoms. The number of hydrogen-bond donors (Lipinski definition) is 0. The fourth-order valence-electron chi connectivity index (χ4n) is 3.72. The number of aromatic nitrogens is 2. The van der Waals surface area contributed by atoms with Gasteiger partial charge in [0.1, 0.15) is 5.76 Å². The first-order chi connectivity index (χ1) is 12.2. The summed E-state index contributed by atoms with van der Waals surface area (Å²) in [5.41, 5.74) is 2.78. The number of likely N-dealkylation sites (tertiary alicyclic amines) is 1. The number of carbonyl (C=O) groups excluding carboxylic acids is 1. The third-order valence-electron chi connectivity index (χ3n) is 5.00. The second-order valence-electron chi connectivity index (χ2n) is 6.71. The second kappa shape index (κ2) is 6.67. The van der Waals surface area contributed by atoms with Crippen molar-refractivity contribution in [2.24, 2.45) is 5.92 Å². The molecule has 1 saturated heterocycles. The molecule has 1 fully saturated rings. The average molecular weight is 335 g/mol. The Morgan fingerprint density at radius 1 is 1.28 bits per heavy atom. The molecule has 3 aromatic rings. The molecule has 0 N–H and O–H groups in total. The van der Waals surface area contributed by atoms with E-state index in [4.69, 9.17) is 4.42 Å². The largest absolute Gasteiger partial charge is 0.448 e. The molecule has 0 radical (unpaired) electrons. The third-order valence-corrected chi connectivity index (χ3v) is 5.00. The van der Waals surface area contributed by atoms with Gasteiger partial charge in [-0.1, -0.05) is 18.2 Å². The van der Waals surface area contributed by atoms with Crippen LogP contribution < -0.4 is 0 Å². The Hall–Kier alpha value is -2.69. The number of fused-ring (bicyclic) bond motifs is 1. The zero-order chi connectivity index (χ0) is 17.2. The van der Waals surface area contributed by atoms with E-state index in [2.05, 4.69) is 28.2 Å². The van der Waals surface area contributed by atoms with Crippen LogP contribution in [0.5, 0.6) is 0 Å². The molecule has 0 aliphatic carbocycles. The van der Waals surface area contributed by atoms with E-state index in [-0.39, 0.29) is 5.91 Å². The second-order valence-corrected chi connectivity index (χ2v) is 6.71. The van der Waals surface area contributed by atoms with E-state index in [1.54, 1.807) is 6.92 Å². The van der Waals surface area contributed by atoms with Crippen molar-refractivity contribution >= 4 is 16.8 Å². The normalized spacial score (nSPS) is 17.8. The molecule has 5 heteroatoms. The van der Waals surface area contributed by atoms with Crippen LogP contribution >= 0.6 is 0 Å². The van der Waals surface area contributed by atoms with Crippen molar-refractivity contribution in [3.8, 4) is 0 Å². The Morgan fingerprint density at radius 3 is 3.00 bits per heavy atom. The number of benzene rings is 1. The Labute approximate surface area is 146 Å². The minimum Gasteiger partial charge on any atom is -0.448 e. The van der Waals surface area contributed by atoms with Gasteiger partial charge in [0, 0.05) is 24.7 Å². The topological polar surface area (TPSA) is 59.2 Å². The molecule has 1 aromatic carbocycles. The van der Waals surface area contributed by atoms with Crippen LogP contribution in [0.25, 0.3) is 10.9 Å². The summed E-state index contributed by atoms with van der Waals surface area (Å²) in [5.74, 6) is 1.03. The number of piperidine rings is 1. The number of rotatable bonds is 3. The SMILES string of the molecule is Cc1ocnc1C(=O)N1CCC[C@H](Cc2ccnc3ccccc23)C1. The van der Waals surface area contributed by atoms with Gasteiger partial charge >= 0.3 is 0 Å². The summed E-state index contributed by atoms with van der Waals surface area (Å²) >= 11 is 0. The number of nitrogens with zero attached hydrogens (tertiary/aromatic N) is 3. The highest BCUT2D eigenvalue weighted by Gasteiger charge is 2.27. The van der Waals surface area contributed by atoms with E-state index in [1.807, 2.05) is 23.2 Å². The number of para-hydroxylation sites is 1. The summed E-state index contributed by atoms with van der Waals surface area (Å²) in [7, 11) is 0. The van der Waals surface area contributed by atoms with Gasteiger partial charge in [-0.15, -0.1) is 0 Å². The molecule has 0 bridgehead atoms. The van der Waals surface area contributed by atoms with Crippen molar-refractivity contribution in [2.75, 3.05) is 13.1 Å². The van der Waals surface area contributed by atoms with Crippen molar-refractivity contribution in [1.82, 2.24) is 14.9 Å². The highest BCUT2D eigenvalue weighted by Crippen LogP contribution is 2.25. The Morgan fingerprint density at radius 2 is 2.16 bits per heavy atom. The van der Waals surface area contributed by atoms with Crippen molar-refractivity contribution < 1.29 is 9.21 Å². The Bertz CT molecular complexity index is 897. The summed E-state index contributed by atoms with van der Waals surface area (Å²) < 4.78 is 5.18. The summed E-state index contributed by atoms with van der Waals surface area (Å²) in [6.07, 6.45) is 6.34. The van der Waals surface area contributed by atoms with Gasteiger partial charge in [0.25, 0.3) is 5.91 Å². The van der Waals surface area contributed by atoms with Crippen LogP contribution in [0.15, 0.2) is 47.3 Å². The molecule has 0 saturated carbocycles. The van der Waals surface area contributed by atoms with Crippen LogP contribution in [0.2, 0.25) is 0 Å². The fraction of sp³-hybridized carbons (Fsp3) is 0.350. The maximum Gasteiger partial charge on any atom is 0.276 e. The van der Waals surface area contributed by atoms with E-state index in [9.17, 15) is 4.79 Å². The van der Waals surface area contributed by atoms with Gasteiger partial charge in [0.2, 0.25) is 0 Å². The molecule has 1 aliphatic rings. The van der Waals surface area contributed by atoms with Gasteiger partial charge in [-0.05, 0) is 49.8 Å². The minimum absolute atomic E-state index is 0.0180. The van der Waals surface area contributed by atoms with Gasteiger partial charge in [-0.3, -0.25) is 9.78 Å². The number of pyridine rings is 1. The summed E-state index contributed by atoms with van der Waals surface area (Å²) in [5, 5.41) is 1.21. The van der Waals surface area contributed by atoms with E-state index in [1.165, 1.54) is 17.3 Å². The summed E-state index contributed by atoms with van der Waals surface area (Å²) in [4.78, 5) is 23.1. The summed E-state index contributed by atoms with van der Waals surface area (Å²) in [6.45, 7) is 3.34. The van der Waals surface area contributed by atoms with Crippen LogP contribution in [-0.4, -0.2) is 33.9 Å². The van der Waals surface area contributed by atoms with Gasteiger partial charge in [0.15, 0.2) is 12.1 Å². The molecule has 3 heterocycles. The smallest absolute Gasteiger partial charge is 0.276 e. The maximum atomic E-state index is 12.7. The van der Waals surface area contributed by atoms with Crippen LogP contribution in [0.3, 0.4) is 0 Å². The molecule has 0 unspecified atom stereocenters. The minimum atomic E-state index is -0.0180. The molecule has 5 nitrogen and oxygen atoms in total. The van der Waals surface area contributed by atoms with Gasteiger partial charge in [-0.25, -0.2) is 4.98 Å². The molecule has 1 atom stereocenters. The lowest BCUT2D eigenvalue weighted by molar-refractivity contribution is 0.0666. The predicted molar refractivity (Wildman–Crippen MR) is 95.3 cm³/mol. The Balaban J connectivity index is 1.52. The molecule has 128 valence electrons. The Kier molecular flexibility index (Phi) is 4.22. The van der Waals surface area contributed by atoms with Crippen molar-refractivity contribution in [3.05, 3.63) is 59.9 Å². The highest BCUT2D eigenvalue weighted by atomic mass is 16.3. The lowest BCUT2D eigenvalue weighted by Gasteiger charge is -2.32. The molecule has 1 aliphatic heterocycles. The third kappa shape index (κ3) is 3.14. The molecular weight excluding hydrogens is 314 g/mol. The molecule has 4 rings (SSSR count). The van der Waals surface area contributed by atoms with E-state index in [0.717, 1.165) is 37.9 Å². The average Bonchev–Trinajstić information content (AvgIpc) is 3.08. The number of carbonyl (C=O) groups is 1. The van der Waals surface area contributed by atoms with Crippen molar-refractivity contribution in [3.63, 3.8) is 0 Å². The quantitative estimate of drug-likeness (QED) is 0.733. The lowest BCUT2D eigenvalue weighted by atomic mass is 9.90. The van der Waals surface area contributed by atoms with Crippen LogP contribution in [0.4, 0.5) is 0 Å². The number of amides is 1. The van der Waals surface area contributed by atoms with Crippen molar-refractivity contribution in [2.45, 2.75) is 26.2 Å². The standard InChI is InChI=1S/C20H21N3O2/c1-14-19(22-13-25-14)20(24)23-10-4-5-15(12-23)11-16-8-9-21-18-7-3-2-6-17(16)18/h2-3,6-9,13,15H,4-5,10-12H2,1H3/t15-/m1/s1. The predicted octanol–water partition coefficient (Wildman–Crippen LogP) is 3.63. The van der Waals surface area contributed by atoms with Crippen LogP contribution in [0.1, 0.15) is 34.7 Å². The van der Waals surface area contributed by atoms with Gasteiger partial charge in [-0.2, -0.15) is 0 Å². The van der Waals surface area contributed by atoms with E-state index in [0.29, 0.717) is 17.4 Å². The maximum absolute atomic E-state index is 12.7. The van der Waals surface area contributed by atoms with Crippen LogP contribution in [-0.2, 0) is 6.42 Å². The molecule has 2 aromatic heterocycles. The summed E-state index contributed by atoms with van der Waals surface area (Å²) in [6, 6.07) is 10.3. The highest BCUT2D eigenvalue weighted by molar-refractivity contribution is 5.93. The first-order valence-electron chi connectivity index (χ1n) is 8.74. The number of oxazole rings is 1. The number of hydrogen-bond acceptors (Lipinski definition) is 4. The molecule has 0 spiro atoms. The van der Waals surface area contributed by atoms with Crippen LogP contribution in [0, 0.1) is 12.8 Å². The fourth-order valence-corrected chi connectivity index (χ4v) is 3.72. The van der Waals surface area contributed by atoms with Gasteiger partial charge in [0.05, 0.1) is 5.52 Å². The van der Waals surface area contributed by atoms with E-state index < -0.39 is 0 Å². The molecule has 1 amide bonds. The number of aryl methyl sites for hydroxylation is 1.